The normalized spacial score (nSPS) is 16.0. The van der Waals surface area contributed by atoms with Crippen LogP contribution in [0.15, 0.2) is 42.5 Å². The average Bonchev–Trinajstić information content (AvgIpc) is 2.98. The van der Waals surface area contributed by atoms with E-state index in [4.69, 9.17) is 4.74 Å². The lowest BCUT2D eigenvalue weighted by Crippen LogP contribution is -2.40. The lowest BCUT2D eigenvalue weighted by Gasteiger charge is -2.26. The third-order valence-electron chi connectivity index (χ3n) is 6.19. The molecule has 1 aliphatic heterocycles. The van der Waals surface area contributed by atoms with E-state index in [1.54, 1.807) is 23.1 Å². The monoisotopic (exact) mass is 458 g/mol. The second-order valence-corrected chi connectivity index (χ2v) is 8.91. The molecule has 2 aromatic carbocycles. The first kappa shape index (κ1) is 25.3. The summed E-state index contributed by atoms with van der Waals surface area (Å²) in [5, 5.41) is 0. The van der Waals surface area contributed by atoms with E-state index < -0.39 is 0 Å². The van der Waals surface area contributed by atoms with Crippen molar-refractivity contribution >= 4 is 11.6 Å². The number of anilines is 1. The number of fused-ring (bicyclic) bond motifs is 1. The Labute approximate surface area is 196 Å². The fourth-order valence-electron chi connectivity index (χ4n) is 4.48. The molecule has 0 aromatic heterocycles. The summed E-state index contributed by atoms with van der Waals surface area (Å²) >= 11 is 0. The van der Waals surface area contributed by atoms with Gasteiger partial charge < -0.3 is 9.64 Å². The number of halogens is 2. The highest BCUT2D eigenvalue weighted by Crippen LogP contribution is 2.39. The number of rotatable bonds is 11. The Kier molecular flexibility index (Phi) is 9.82. The Hall–Kier alpha value is -2.31. The lowest BCUT2D eigenvalue weighted by atomic mass is 9.87. The number of unbranched alkanes of at least 4 members (excludes halogenated alkanes) is 2. The van der Waals surface area contributed by atoms with Crippen molar-refractivity contribution in [2.75, 3.05) is 44.8 Å². The van der Waals surface area contributed by atoms with Crippen molar-refractivity contribution < 1.29 is 18.3 Å². The van der Waals surface area contributed by atoms with Crippen molar-refractivity contribution in [1.82, 2.24) is 4.90 Å². The Balaban J connectivity index is 1.64. The predicted molar refractivity (Wildman–Crippen MR) is 129 cm³/mol. The Morgan fingerprint density at radius 2 is 1.82 bits per heavy atom. The molecule has 1 atom stereocenters. The number of carbonyl (C=O) groups excluding carboxylic acids is 1. The van der Waals surface area contributed by atoms with E-state index in [0.717, 1.165) is 69.4 Å². The maximum absolute atomic E-state index is 14.2. The van der Waals surface area contributed by atoms with Crippen LogP contribution in [0.1, 0.15) is 62.5 Å². The summed E-state index contributed by atoms with van der Waals surface area (Å²) in [5.41, 5.74) is 2.54. The molecule has 4 nitrogen and oxygen atoms in total. The maximum Gasteiger partial charge on any atom is 0.241 e. The Morgan fingerprint density at radius 3 is 2.58 bits per heavy atom. The van der Waals surface area contributed by atoms with Crippen LogP contribution in [-0.4, -0.2) is 50.7 Å². The van der Waals surface area contributed by atoms with E-state index in [1.165, 1.54) is 24.3 Å². The molecule has 0 bridgehead atoms. The molecule has 33 heavy (non-hydrogen) atoms. The van der Waals surface area contributed by atoms with Crippen molar-refractivity contribution in [3.05, 3.63) is 65.2 Å². The standard InChI is InChI=1S/C27H36F2N2O2/c1-3-17-33-18-6-4-5-15-30(2)20-27(32)31-16-7-8-24(21-9-11-22(28)12-10-21)25-14-13-23(29)19-26(25)31/h9-14,19,24H,3-8,15-18,20H2,1-2H3. The summed E-state index contributed by atoms with van der Waals surface area (Å²) in [7, 11) is 1.96. The Morgan fingerprint density at radius 1 is 1.06 bits per heavy atom. The third kappa shape index (κ3) is 7.34. The molecule has 0 radical (unpaired) electrons. The first-order valence-corrected chi connectivity index (χ1v) is 12.1. The molecule has 0 fully saturated rings. The van der Waals surface area contributed by atoms with Gasteiger partial charge in [-0.25, -0.2) is 8.78 Å². The zero-order chi connectivity index (χ0) is 23.6. The number of hydrogen-bond donors (Lipinski definition) is 0. The molecular formula is C27H36F2N2O2. The van der Waals surface area contributed by atoms with Crippen LogP contribution in [-0.2, 0) is 9.53 Å². The van der Waals surface area contributed by atoms with Crippen LogP contribution in [0, 0.1) is 11.6 Å². The molecule has 1 amide bonds. The van der Waals surface area contributed by atoms with Crippen molar-refractivity contribution in [2.24, 2.45) is 0 Å². The van der Waals surface area contributed by atoms with Gasteiger partial charge in [-0.1, -0.05) is 25.1 Å². The summed E-state index contributed by atoms with van der Waals surface area (Å²) < 4.78 is 33.2. The van der Waals surface area contributed by atoms with Gasteiger partial charge in [-0.2, -0.15) is 0 Å². The van der Waals surface area contributed by atoms with Gasteiger partial charge in [-0.3, -0.25) is 9.69 Å². The highest BCUT2D eigenvalue weighted by atomic mass is 19.1. The van der Waals surface area contributed by atoms with Crippen LogP contribution in [0.2, 0.25) is 0 Å². The zero-order valence-electron chi connectivity index (χ0n) is 19.9. The van der Waals surface area contributed by atoms with Crippen LogP contribution < -0.4 is 4.90 Å². The van der Waals surface area contributed by atoms with Crippen molar-refractivity contribution in [3.8, 4) is 0 Å². The summed E-state index contributed by atoms with van der Waals surface area (Å²) in [6, 6.07) is 11.2. The summed E-state index contributed by atoms with van der Waals surface area (Å²) in [5.74, 6) is -0.646. The molecule has 0 spiro atoms. The second-order valence-electron chi connectivity index (χ2n) is 8.91. The molecule has 6 heteroatoms. The predicted octanol–water partition coefficient (Wildman–Crippen LogP) is 5.75. The van der Waals surface area contributed by atoms with Gasteiger partial charge in [-0.15, -0.1) is 0 Å². The van der Waals surface area contributed by atoms with E-state index >= 15 is 0 Å². The molecule has 0 saturated carbocycles. The number of hydrogen-bond acceptors (Lipinski definition) is 3. The fourth-order valence-corrected chi connectivity index (χ4v) is 4.48. The van der Waals surface area contributed by atoms with E-state index in [-0.39, 0.29) is 23.5 Å². The van der Waals surface area contributed by atoms with E-state index in [2.05, 4.69) is 6.92 Å². The molecule has 2 aromatic rings. The van der Waals surface area contributed by atoms with Gasteiger partial charge in [0.25, 0.3) is 0 Å². The SMILES string of the molecule is CCCOCCCCCN(C)CC(=O)N1CCCC(c2ccc(F)cc2)c2ccc(F)cc21. The maximum atomic E-state index is 14.2. The molecule has 1 heterocycles. The summed E-state index contributed by atoms with van der Waals surface area (Å²) in [6.07, 6.45) is 5.77. The van der Waals surface area contributed by atoms with Crippen molar-refractivity contribution in [1.29, 1.82) is 0 Å². The largest absolute Gasteiger partial charge is 0.381 e. The van der Waals surface area contributed by atoms with Gasteiger partial charge in [0.05, 0.1) is 12.2 Å². The molecular weight excluding hydrogens is 422 g/mol. The summed E-state index contributed by atoms with van der Waals surface area (Å²) in [6.45, 7) is 5.39. The van der Waals surface area contributed by atoms with Gasteiger partial charge in [0.2, 0.25) is 5.91 Å². The lowest BCUT2D eigenvalue weighted by molar-refractivity contribution is -0.119. The van der Waals surface area contributed by atoms with Gasteiger partial charge in [0, 0.05) is 25.7 Å². The quantitative estimate of drug-likeness (QED) is 0.402. The molecule has 1 aliphatic rings. The zero-order valence-corrected chi connectivity index (χ0v) is 19.9. The Bertz CT molecular complexity index is 888. The van der Waals surface area contributed by atoms with Crippen molar-refractivity contribution in [2.45, 2.75) is 51.4 Å². The number of nitrogens with zero attached hydrogens (tertiary/aromatic N) is 2. The molecule has 0 N–H and O–H groups in total. The van der Waals surface area contributed by atoms with Crippen LogP contribution in [0.25, 0.3) is 0 Å². The second kappa shape index (κ2) is 12.8. The van der Waals surface area contributed by atoms with Crippen LogP contribution >= 0.6 is 0 Å². The minimum absolute atomic E-state index is 0.00616. The topological polar surface area (TPSA) is 32.8 Å². The molecule has 180 valence electrons. The number of amides is 1. The first-order valence-electron chi connectivity index (χ1n) is 12.1. The summed E-state index contributed by atoms with van der Waals surface area (Å²) in [4.78, 5) is 17.0. The highest BCUT2D eigenvalue weighted by molar-refractivity contribution is 5.96. The van der Waals surface area contributed by atoms with Gasteiger partial charge in [0.1, 0.15) is 11.6 Å². The fraction of sp³-hybridized carbons (Fsp3) is 0.519. The van der Waals surface area contributed by atoms with Gasteiger partial charge >= 0.3 is 0 Å². The van der Waals surface area contributed by atoms with Crippen LogP contribution in [0.5, 0.6) is 0 Å². The number of likely N-dealkylation sites (N-methyl/N-ethyl adjacent to an activating group) is 1. The molecule has 3 rings (SSSR count). The van der Waals surface area contributed by atoms with Gasteiger partial charge in [-0.05, 0) is 87.5 Å². The number of carbonyl (C=O) groups is 1. The van der Waals surface area contributed by atoms with Gasteiger partial charge in [0.15, 0.2) is 0 Å². The number of ether oxygens (including phenoxy) is 1. The molecule has 1 unspecified atom stereocenters. The van der Waals surface area contributed by atoms with E-state index in [9.17, 15) is 13.6 Å². The minimum atomic E-state index is -0.357. The highest BCUT2D eigenvalue weighted by Gasteiger charge is 2.28. The minimum Gasteiger partial charge on any atom is -0.381 e. The number of benzene rings is 2. The molecule has 0 aliphatic carbocycles. The van der Waals surface area contributed by atoms with E-state index in [0.29, 0.717) is 18.8 Å². The van der Waals surface area contributed by atoms with Crippen LogP contribution in [0.4, 0.5) is 14.5 Å². The van der Waals surface area contributed by atoms with E-state index in [1.807, 2.05) is 11.9 Å². The smallest absolute Gasteiger partial charge is 0.241 e. The first-order chi connectivity index (χ1) is 16.0. The van der Waals surface area contributed by atoms with Crippen molar-refractivity contribution in [3.63, 3.8) is 0 Å². The molecule has 0 saturated heterocycles. The third-order valence-corrected chi connectivity index (χ3v) is 6.19. The van der Waals surface area contributed by atoms with Crippen LogP contribution in [0.3, 0.4) is 0 Å². The average molecular weight is 459 g/mol.